The van der Waals surface area contributed by atoms with Crippen molar-refractivity contribution in [1.82, 2.24) is 25.2 Å². The molecule has 9 heteroatoms. The summed E-state index contributed by atoms with van der Waals surface area (Å²) >= 11 is 0. The van der Waals surface area contributed by atoms with E-state index in [9.17, 15) is 14.4 Å². The van der Waals surface area contributed by atoms with Crippen LogP contribution in [0, 0.1) is 5.92 Å². The van der Waals surface area contributed by atoms with E-state index in [-0.39, 0.29) is 23.8 Å². The van der Waals surface area contributed by atoms with Gasteiger partial charge >= 0.3 is 6.03 Å². The molecular formula is C25H39N5O4. The van der Waals surface area contributed by atoms with Crippen molar-refractivity contribution >= 4 is 17.8 Å². The molecule has 0 spiro atoms. The smallest absolute Gasteiger partial charge is 0.325 e. The first-order chi connectivity index (χ1) is 16.4. The molecule has 4 rings (SSSR count). The molecule has 4 amide bonds. The molecule has 3 saturated heterocycles. The van der Waals surface area contributed by atoms with Crippen LogP contribution in [-0.2, 0) is 11.2 Å². The molecule has 0 aliphatic carbocycles. The Hall–Kier alpha value is -2.42. The van der Waals surface area contributed by atoms with Gasteiger partial charge in [0.1, 0.15) is 11.3 Å². The van der Waals surface area contributed by atoms with Gasteiger partial charge in [-0.1, -0.05) is 25.4 Å². The van der Waals surface area contributed by atoms with Crippen molar-refractivity contribution in [2.75, 3.05) is 33.2 Å². The molecule has 0 radical (unpaired) electrons. The number of rotatable bonds is 9. The standard InChI is InChI=1S/C25H39N5O4/c1-4-7-20-17-21(27-34-20)22(31)29-14-9-18(10-15-29)25(12-5-2)23(32)30(24(33)26-25)16-11-19-8-6-13-28(19)3/h17-19H,4-16H2,1-3H3,(H,26,33)/t19-,25-/m0/s1. The Morgan fingerprint density at radius 1 is 1.18 bits per heavy atom. The third-order valence-electron chi connectivity index (χ3n) is 7.96. The highest BCUT2D eigenvalue weighted by Gasteiger charge is 2.55. The normalized spacial score (nSPS) is 26.5. The number of carbonyl (C=O) groups is 3. The maximum Gasteiger partial charge on any atom is 0.325 e. The van der Waals surface area contributed by atoms with Crippen molar-refractivity contribution in [2.45, 2.75) is 83.2 Å². The highest BCUT2D eigenvalue weighted by atomic mass is 16.5. The van der Waals surface area contributed by atoms with Gasteiger partial charge in [-0.15, -0.1) is 0 Å². The van der Waals surface area contributed by atoms with E-state index in [1.807, 2.05) is 0 Å². The molecule has 0 aromatic carbocycles. The number of hydrogen-bond donors (Lipinski definition) is 1. The van der Waals surface area contributed by atoms with E-state index in [2.05, 4.69) is 36.3 Å². The Labute approximate surface area is 202 Å². The number of likely N-dealkylation sites (tertiary alicyclic amines) is 2. The van der Waals surface area contributed by atoms with E-state index in [1.54, 1.807) is 11.0 Å². The number of nitrogens with zero attached hydrogens (tertiary/aromatic N) is 4. The second-order valence-corrected chi connectivity index (χ2v) is 10.2. The fourth-order valence-electron chi connectivity index (χ4n) is 6.03. The first-order valence-corrected chi connectivity index (χ1v) is 13.0. The zero-order valence-corrected chi connectivity index (χ0v) is 20.8. The Morgan fingerprint density at radius 2 is 1.94 bits per heavy atom. The van der Waals surface area contributed by atoms with Crippen LogP contribution in [0.4, 0.5) is 4.79 Å². The zero-order valence-electron chi connectivity index (χ0n) is 20.8. The largest absolute Gasteiger partial charge is 0.361 e. The molecule has 0 bridgehead atoms. The number of aryl methyl sites for hydroxylation is 1. The zero-order chi connectivity index (χ0) is 24.3. The van der Waals surface area contributed by atoms with Crippen molar-refractivity contribution in [3.63, 3.8) is 0 Å². The first kappa shape index (κ1) is 24.7. The van der Waals surface area contributed by atoms with Crippen LogP contribution in [0.5, 0.6) is 0 Å². The van der Waals surface area contributed by atoms with Crippen LogP contribution < -0.4 is 5.32 Å². The van der Waals surface area contributed by atoms with Crippen LogP contribution in [0.25, 0.3) is 0 Å². The van der Waals surface area contributed by atoms with E-state index < -0.39 is 5.54 Å². The monoisotopic (exact) mass is 473 g/mol. The fraction of sp³-hybridized carbons (Fsp3) is 0.760. The highest BCUT2D eigenvalue weighted by Crippen LogP contribution is 2.37. The highest BCUT2D eigenvalue weighted by molar-refractivity contribution is 6.07. The third-order valence-corrected chi connectivity index (χ3v) is 7.96. The van der Waals surface area contributed by atoms with Gasteiger partial charge in [0.25, 0.3) is 11.8 Å². The van der Waals surface area contributed by atoms with Gasteiger partial charge in [-0.25, -0.2) is 4.79 Å². The van der Waals surface area contributed by atoms with Gasteiger partial charge < -0.3 is 19.6 Å². The summed E-state index contributed by atoms with van der Waals surface area (Å²) in [6.07, 6.45) is 7.60. The maximum absolute atomic E-state index is 13.6. The SMILES string of the molecule is CCCc1cc(C(=O)N2CCC([C@]3(CCC)NC(=O)N(CC[C@@H]4CCCN4C)C3=O)CC2)no1. The molecule has 0 unspecified atom stereocenters. The van der Waals surface area contributed by atoms with Crippen molar-refractivity contribution < 1.29 is 18.9 Å². The lowest BCUT2D eigenvalue weighted by molar-refractivity contribution is -0.134. The van der Waals surface area contributed by atoms with Crippen molar-refractivity contribution in [3.8, 4) is 0 Å². The maximum atomic E-state index is 13.6. The van der Waals surface area contributed by atoms with E-state index in [4.69, 9.17) is 4.52 Å². The van der Waals surface area contributed by atoms with Gasteiger partial charge in [0, 0.05) is 38.2 Å². The van der Waals surface area contributed by atoms with Gasteiger partial charge in [-0.2, -0.15) is 0 Å². The van der Waals surface area contributed by atoms with Gasteiger partial charge in [-0.3, -0.25) is 14.5 Å². The summed E-state index contributed by atoms with van der Waals surface area (Å²) in [4.78, 5) is 45.0. The number of carbonyl (C=O) groups excluding carboxylic acids is 3. The molecule has 1 N–H and O–H groups in total. The minimum Gasteiger partial charge on any atom is -0.361 e. The van der Waals surface area contributed by atoms with E-state index in [0.717, 1.165) is 44.4 Å². The van der Waals surface area contributed by atoms with Gasteiger partial charge in [0.05, 0.1) is 0 Å². The minimum absolute atomic E-state index is 0.0139. The van der Waals surface area contributed by atoms with Crippen LogP contribution in [0.3, 0.4) is 0 Å². The first-order valence-electron chi connectivity index (χ1n) is 13.0. The van der Waals surface area contributed by atoms with E-state index >= 15 is 0 Å². The minimum atomic E-state index is -0.856. The summed E-state index contributed by atoms with van der Waals surface area (Å²) in [5.41, 5.74) is -0.511. The van der Waals surface area contributed by atoms with Crippen LogP contribution >= 0.6 is 0 Å². The van der Waals surface area contributed by atoms with Gasteiger partial charge in [0.15, 0.2) is 5.69 Å². The fourth-order valence-corrected chi connectivity index (χ4v) is 6.03. The second-order valence-electron chi connectivity index (χ2n) is 10.2. The predicted molar refractivity (Wildman–Crippen MR) is 127 cm³/mol. The number of aromatic nitrogens is 1. The van der Waals surface area contributed by atoms with Crippen molar-refractivity contribution in [2.24, 2.45) is 5.92 Å². The molecule has 4 heterocycles. The molecule has 34 heavy (non-hydrogen) atoms. The molecule has 3 aliphatic rings. The molecule has 1 aromatic heterocycles. The molecular weight excluding hydrogens is 434 g/mol. The molecule has 3 fully saturated rings. The third kappa shape index (κ3) is 4.72. The summed E-state index contributed by atoms with van der Waals surface area (Å²) < 4.78 is 5.27. The molecule has 3 aliphatic heterocycles. The lowest BCUT2D eigenvalue weighted by atomic mass is 9.74. The van der Waals surface area contributed by atoms with Crippen LogP contribution in [0.1, 0.15) is 81.5 Å². The van der Waals surface area contributed by atoms with E-state index in [1.165, 1.54) is 11.3 Å². The van der Waals surface area contributed by atoms with Crippen LogP contribution in [-0.4, -0.2) is 82.5 Å². The summed E-state index contributed by atoms with van der Waals surface area (Å²) in [5, 5.41) is 7.06. The Bertz CT molecular complexity index is 894. The van der Waals surface area contributed by atoms with Crippen LogP contribution in [0.2, 0.25) is 0 Å². The molecule has 9 nitrogen and oxygen atoms in total. The van der Waals surface area contributed by atoms with Gasteiger partial charge in [-0.05, 0) is 64.5 Å². The Morgan fingerprint density at radius 3 is 2.59 bits per heavy atom. The number of nitrogens with one attached hydrogen (secondary N) is 1. The summed E-state index contributed by atoms with van der Waals surface area (Å²) in [6.45, 7) is 6.74. The van der Waals surface area contributed by atoms with Crippen LogP contribution in [0.15, 0.2) is 10.6 Å². The summed E-state index contributed by atoms with van der Waals surface area (Å²) in [6, 6.07) is 1.91. The predicted octanol–water partition coefficient (Wildman–Crippen LogP) is 3.05. The Kier molecular flexibility index (Phi) is 7.60. The Balaban J connectivity index is 1.39. The number of amides is 4. The quantitative estimate of drug-likeness (QED) is 0.554. The molecule has 0 saturated carbocycles. The lowest BCUT2D eigenvalue weighted by Gasteiger charge is -2.40. The number of urea groups is 1. The van der Waals surface area contributed by atoms with Gasteiger partial charge in [0.2, 0.25) is 0 Å². The molecule has 2 atom stereocenters. The van der Waals surface area contributed by atoms with E-state index in [0.29, 0.717) is 50.6 Å². The average molecular weight is 474 g/mol. The van der Waals surface area contributed by atoms with Crippen molar-refractivity contribution in [1.29, 1.82) is 0 Å². The summed E-state index contributed by atoms with van der Waals surface area (Å²) in [7, 11) is 2.11. The molecule has 188 valence electrons. The molecule has 1 aromatic rings. The number of hydrogen-bond acceptors (Lipinski definition) is 6. The number of piperidine rings is 1. The lowest BCUT2D eigenvalue weighted by Crippen LogP contribution is -2.56. The average Bonchev–Trinajstić information content (AvgIpc) is 3.52. The summed E-state index contributed by atoms with van der Waals surface area (Å²) in [5.74, 6) is 0.537. The van der Waals surface area contributed by atoms with Crippen molar-refractivity contribution in [3.05, 3.63) is 17.5 Å². The second kappa shape index (κ2) is 10.5. The topological polar surface area (TPSA) is 99.0 Å². The number of imide groups is 1.